The molecule has 2 rings (SSSR count). The molecule has 1 unspecified atom stereocenters. The quantitative estimate of drug-likeness (QED) is 0.835. The minimum atomic E-state index is 0.0515. The molecule has 0 aliphatic carbocycles. The normalized spacial score (nSPS) is 19.6. The number of hydrogen-bond acceptors (Lipinski definition) is 4. The Morgan fingerprint density at radius 2 is 2.35 bits per heavy atom. The summed E-state index contributed by atoms with van der Waals surface area (Å²) in [5.41, 5.74) is 0.777. The Morgan fingerprint density at radius 1 is 1.55 bits per heavy atom. The van der Waals surface area contributed by atoms with Crippen LogP contribution < -0.4 is 0 Å². The van der Waals surface area contributed by atoms with E-state index in [1.807, 2.05) is 16.3 Å². The summed E-state index contributed by atoms with van der Waals surface area (Å²) in [6, 6.07) is 2.10. The first kappa shape index (κ1) is 15.0. The van der Waals surface area contributed by atoms with Crippen LogP contribution in [0.4, 0.5) is 0 Å². The van der Waals surface area contributed by atoms with Crippen molar-refractivity contribution in [2.45, 2.75) is 19.4 Å². The molecule has 0 spiro atoms. The Bertz CT molecular complexity index is 529. The zero-order chi connectivity index (χ0) is 14.5. The van der Waals surface area contributed by atoms with Crippen LogP contribution in [-0.4, -0.2) is 60.1 Å². The average Bonchev–Trinajstić information content (AvgIpc) is 2.87. The zero-order valence-electron chi connectivity index (χ0n) is 11.9. The van der Waals surface area contributed by atoms with E-state index in [1.165, 1.54) is 11.3 Å². The van der Waals surface area contributed by atoms with Crippen LogP contribution in [-0.2, 0) is 0 Å². The third kappa shape index (κ3) is 3.40. The van der Waals surface area contributed by atoms with Crippen LogP contribution in [0.25, 0.3) is 0 Å². The highest BCUT2D eigenvalue weighted by atomic mass is 32.1. The van der Waals surface area contributed by atoms with Gasteiger partial charge in [0.15, 0.2) is 0 Å². The highest BCUT2D eigenvalue weighted by Gasteiger charge is 2.28. The fraction of sp³-hybridized carbons (Fsp3) is 0.533. The van der Waals surface area contributed by atoms with Crippen molar-refractivity contribution in [2.24, 2.45) is 0 Å². The van der Waals surface area contributed by atoms with Crippen LogP contribution in [0.2, 0.25) is 0 Å². The third-order valence-electron chi connectivity index (χ3n) is 3.41. The van der Waals surface area contributed by atoms with Crippen molar-refractivity contribution in [3.8, 4) is 11.8 Å². The van der Waals surface area contributed by atoms with E-state index in [4.69, 9.17) is 5.11 Å². The molecule has 2 heterocycles. The Balaban J connectivity index is 2.14. The van der Waals surface area contributed by atoms with Crippen molar-refractivity contribution in [1.29, 1.82) is 0 Å². The molecule has 1 saturated heterocycles. The molecule has 1 N–H and O–H groups in total. The van der Waals surface area contributed by atoms with Gasteiger partial charge in [-0.25, -0.2) is 0 Å². The minimum Gasteiger partial charge on any atom is -0.395 e. The first-order valence-electron chi connectivity index (χ1n) is 6.80. The van der Waals surface area contributed by atoms with E-state index in [9.17, 15) is 4.79 Å². The van der Waals surface area contributed by atoms with Crippen molar-refractivity contribution < 1.29 is 9.90 Å². The number of aliphatic hydroxyl groups is 1. The molecule has 1 fully saturated rings. The van der Waals surface area contributed by atoms with E-state index < -0.39 is 0 Å². The lowest BCUT2D eigenvalue weighted by molar-refractivity contribution is 0.0538. The van der Waals surface area contributed by atoms with Crippen LogP contribution in [0.5, 0.6) is 0 Å². The molecular weight excluding hydrogens is 272 g/mol. The summed E-state index contributed by atoms with van der Waals surface area (Å²) in [4.78, 5) is 17.5. The minimum absolute atomic E-state index is 0.0515. The van der Waals surface area contributed by atoms with E-state index in [1.54, 1.807) is 0 Å². The summed E-state index contributed by atoms with van der Waals surface area (Å²) >= 11 is 1.44. The largest absolute Gasteiger partial charge is 0.395 e. The molecule has 1 aliphatic rings. The SMILES string of the molecule is CC1CN(C)CCN1C(=O)c1sccc1C#CCCO. The fourth-order valence-corrected chi connectivity index (χ4v) is 3.16. The van der Waals surface area contributed by atoms with Gasteiger partial charge in [0.05, 0.1) is 6.61 Å². The molecule has 1 aliphatic heterocycles. The van der Waals surface area contributed by atoms with Crippen LogP contribution in [0.3, 0.4) is 0 Å². The molecular formula is C15H20N2O2S. The van der Waals surface area contributed by atoms with Gasteiger partial charge in [0, 0.05) is 37.7 Å². The van der Waals surface area contributed by atoms with E-state index in [0.717, 1.165) is 25.2 Å². The second kappa shape index (κ2) is 6.89. The summed E-state index contributed by atoms with van der Waals surface area (Å²) in [5.74, 6) is 5.94. The highest BCUT2D eigenvalue weighted by Crippen LogP contribution is 2.21. The summed E-state index contributed by atoms with van der Waals surface area (Å²) < 4.78 is 0. The van der Waals surface area contributed by atoms with Crippen LogP contribution >= 0.6 is 11.3 Å². The molecule has 1 aromatic rings. The predicted octanol–water partition coefficient (Wildman–Crippen LogP) is 1.26. The van der Waals surface area contributed by atoms with Gasteiger partial charge in [-0.2, -0.15) is 0 Å². The number of carbonyl (C=O) groups is 1. The first-order valence-corrected chi connectivity index (χ1v) is 7.68. The van der Waals surface area contributed by atoms with Crippen LogP contribution in [0.1, 0.15) is 28.6 Å². The maximum Gasteiger partial charge on any atom is 0.265 e. The van der Waals surface area contributed by atoms with E-state index in [2.05, 4.69) is 30.7 Å². The van der Waals surface area contributed by atoms with Crippen LogP contribution in [0.15, 0.2) is 11.4 Å². The molecule has 0 saturated carbocycles. The average molecular weight is 292 g/mol. The lowest BCUT2D eigenvalue weighted by Gasteiger charge is -2.38. The standard InChI is InChI=1S/C15H20N2O2S/c1-12-11-16(2)7-8-17(12)15(19)14-13(6-10-20-14)5-3-4-9-18/h6,10,12,18H,4,7-9,11H2,1-2H3. The molecule has 0 radical (unpaired) electrons. The number of likely N-dealkylation sites (N-methyl/N-ethyl adjacent to an activating group) is 1. The number of rotatable bonds is 2. The second-order valence-corrected chi connectivity index (χ2v) is 5.96. The Kier molecular flexibility index (Phi) is 5.18. The third-order valence-corrected chi connectivity index (χ3v) is 4.31. The van der Waals surface area contributed by atoms with Gasteiger partial charge in [-0.3, -0.25) is 4.79 Å². The van der Waals surface area contributed by atoms with Gasteiger partial charge < -0.3 is 14.9 Å². The van der Waals surface area contributed by atoms with Crippen molar-refractivity contribution in [1.82, 2.24) is 9.80 Å². The van der Waals surface area contributed by atoms with Gasteiger partial charge in [0.1, 0.15) is 4.88 Å². The van der Waals surface area contributed by atoms with Gasteiger partial charge >= 0.3 is 0 Å². The second-order valence-electron chi connectivity index (χ2n) is 5.05. The van der Waals surface area contributed by atoms with Crippen molar-refractivity contribution in [2.75, 3.05) is 33.3 Å². The lowest BCUT2D eigenvalue weighted by atomic mass is 10.1. The van der Waals surface area contributed by atoms with Gasteiger partial charge in [0.25, 0.3) is 5.91 Å². The molecule has 0 bridgehead atoms. The number of thiophene rings is 1. The van der Waals surface area contributed by atoms with E-state index in [-0.39, 0.29) is 18.6 Å². The van der Waals surface area contributed by atoms with Crippen LogP contribution in [0, 0.1) is 11.8 Å². The molecule has 4 nitrogen and oxygen atoms in total. The monoisotopic (exact) mass is 292 g/mol. The van der Waals surface area contributed by atoms with Gasteiger partial charge in [-0.1, -0.05) is 11.8 Å². The van der Waals surface area contributed by atoms with E-state index >= 15 is 0 Å². The molecule has 0 aromatic carbocycles. The van der Waals surface area contributed by atoms with Crippen molar-refractivity contribution in [3.05, 3.63) is 21.9 Å². The first-order chi connectivity index (χ1) is 9.63. The topological polar surface area (TPSA) is 43.8 Å². The number of hydrogen-bond donors (Lipinski definition) is 1. The molecule has 1 atom stereocenters. The van der Waals surface area contributed by atoms with Crippen molar-refractivity contribution in [3.63, 3.8) is 0 Å². The van der Waals surface area contributed by atoms with Crippen molar-refractivity contribution >= 4 is 17.2 Å². The number of piperazine rings is 1. The molecule has 20 heavy (non-hydrogen) atoms. The number of carbonyl (C=O) groups excluding carboxylic acids is 1. The molecule has 1 aromatic heterocycles. The number of amides is 1. The fourth-order valence-electron chi connectivity index (χ4n) is 2.36. The summed E-state index contributed by atoms with van der Waals surface area (Å²) in [6.45, 7) is 4.71. The van der Waals surface area contributed by atoms with Gasteiger partial charge in [-0.05, 0) is 25.4 Å². The summed E-state index contributed by atoms with van der Waals surface area (Å²) in [7, 11) is 2.08. The Morgan fingerprint density at radius 3 is 3.05 bits per heavy atom. The zero-order valence-corrected chi connectivity index (χ0v) is 12.7. The maximum absolute atomic E-state index is 12.6. The number of nitrogens with zero attached hydrogens (tertiary/aromatic N) is 2. The van der Waals surface area contributed by atoms with Gasteiger partial charge in [-0.15, -0.1) is 11.3 Å². The molecule has 5 heteroatoms. The molecule has 108 valence electrons. The Labute approximate surface area is 124 Å². The summed E-state index contributed by atoms with van der Waals surface area (Å²) in [6.07, 6.45) is 0.439. The molecule has 1 amide bonds. The highest BCUT2D eigenvalue weighted by molar-refractivity contribution is 7.12. The lowest BCUT2D eigenvalue weighted by Crippen LogP contribution is -2.52. The van der Waals surface area contributed by atoms with Gasteiger partial charge in [0.2, 0.25) is 0 Å². The predicted molar refractivity (Wildman–Crippen MR) is 80.9 cm³/mol. The van der Waals surface area contributed by atoms with E-state index in [0.29, 0.717) is 11.3 Å². The smallest absolute Gasteiger partial charge is 0.265 e. The number of aliphatic hydroxyl groups excluding tert-OH is 1. The Hall–Kier alpha value is -1.35. The summed E-state index contributed by atoms with van der Waals surface area (Å²) in [5, 5.41) is 10.7. The maximum atomic E-state index is 12.6.